The molecule has 1 atom stereocenters. The molecule has 154 valence electrons. The van der Waals surface area contributed by atoms with Crippen molar-refractivity contribution in [1.29, 1.82) is 0 Å². The Bertz CT molecular complexity index is 1410. The maximum Gasteiger partial charge on any atom is 0.319 e. The van der Waals surface area contributed by atoms with Gasteiger partial charge in [0, 0.05) is 31.1 Å². The van der Waals surface area contributed by atoms with Gasteiger partial charge < -0.3 is 14.3 Å². The summed E-state index contributed by atoms with van der Waals surface area (Å²) < 4.78 is 35.6. The molecule has 0 aromatic carbocycles. The Morgan fingerprint density at radius 2 is 2.00 bits per heavy atom. The predicted octanol–water partition coefficient (Wildman–Crippen LogP) is 2.93. The lowest BCUT2D eigenvalue weighted by Gasteiger charge is -2.32. The van der Waals surface area contributed by atoms with E-state index in [2.05, 4.69) is 30.2 Å². The number of hydrogen-bond donors (Lipinski definition) is 1. The second-order valence-electron chi connectivity index (χ2n) is 7.09. The van der Waals surface area contributed by atoms with E-state index in [-0.39, 0.29) is 23.4 Å². The zero-order valence-electron chi connectivity index (χ0n) is 15.9. The molecule has 0 spiro atoms. The molecular formula is C20H14F2N8O. The quantitative estimate of drug-likeness (QED) is 0.479. The molecule has 0 aliphatic carbocycles. The summed E-state index contributed by atoms with van der Waals surface area (Å²) in [5, 5.41) is 12.6. The fourth-order valence-corrected chi connectivity index (χ4v) is 3.89. The third kappa shape index (κ3) is 2.77. The van der Waals surface area contributed by atoms with Gasteiger partial charge in [-0.05, 0) is 30.3 Å². The summed E-state index contributed by atoms with van der Waals surface area (Å²) in [6.45, 7) is 0.516. The van der Waals surface area contributed by atoms with E-state index in [4.69, 9.17) is 4.42 Å². The van der Waals surface area contributed by atoms with Gasteiger partial charge in [-0.25, -0.2) is 23.3 Å². The number of hydrogen-bond acceptors (Lipinski definition) is 7. The summed E-state index contributed by atoms with van der Waals surface area (Å²) in [6, 6.07) is 7.09. The van der Waals surface area contributed by atoms with Crippen molar-refractivity contribution >= 4 is 11.5 Å². The summed E-state index contributed by atoms with van der Waals surface area (Å²) in [6.07, 6.45) is 5.39. The molecule has 0 saturated carbocycles. The highest BCUT2D eigenvalue weighted by molar-refractivity contribution is 5.54. The van der Waals surface area contributed by atoms with Gasteiger partial charge in [-0.2, -0.15) is 5.10 Å². The first-order valence-electron chi connectivity index (χ1n) is 9.56. The van der Waals surface area contributed by atoms with Crippen molar-refractivity contribution < 1.29 is 13.2 Å². The second kappa shape index (κ2) is 6.69. The van der Waals surface area contributed by atoms with Crippen molar-refractivity contribution in [2.24, 2.45) is 0 Å². The summed E-state index contributed by atoms with van der Waals surface area (Å²) in [5.74, 6) is -0.962. The smallest absolute Gasteiger partial charge is 0.319 e. The van der Waals surface area contributed by atoms with Gasteiger partial charge in [0.15, 0.2) is 11.5 Å². The van der Waals surface area contributed by atoms with E-state index in [0.717, 1.165) is 11.4 Å². The van der Waals surface area contributed by atoms with Crippen LogP contribution in [-0.4, -0.2) is 41.3 Å². The molecule has 1 aliphatic rings. The SMILES string of the molecule is Fc1cccnc1-c1nnc(N2CCc3[nH]cnc3[C@@H]2c2cc3c(F)cccn3n2)o1. The number of halogens is 2. The Morgan fingerprint density at radius 1 is 1.10 bits per heavy atom. The molecule has 31 heavy (non-hydrogen) atoms. The summed E-state index contributed by atoms with van der Waals surface area (Å²) in [5.41, 5.74) is 2.59. The predicted molar refractivity (Wildman–Crippen MR) is 104 cm³/mol. The number of nitrogens with zero attached hydrogens (tertiary/aromatic N) is 7. The van der Waals surface area contributed by atoms with Crippen LogP contribution >= 0.6 is 0 Å². The standard InChI is InChI=1S/C20H14F2N8O/c21-11-4-2-7-30-15(11)9-14(28-30)18-17-13(24-10-25-17)5-8-29(18)20-27-26-19(31-20)16-12(22)3-1-6-23-16/h1-4,6-7,9-10,18H,5,8H2,(H,24,25)/t18-/m0/s1. The number of pyridine rings is 2. The Morgan fingerprint density at radius 3 is 2.87 bits per heavy atom. The van der Waals surface area contributed by atoms with Gasteiger partial charge in [-0.3, -0.25) is 0 Å². The van der Waals surface area contributed by atoms with Crippen LogP contribution in [0, 0.1) is 11.6 Å². The summed E-state index contributed by atoms with van der Waals surface area (Å²) in [4.78, 5) is 13.4. The van der Waals surface area contributed by atoms with Crippen molar-refractivity contribution in [1.82, 2.24) is 34.8 Å². The third-order valence-electron chi connectivity index (χ3n) is 5.30. The molecule has 0 bridgehead atoms. The van der Waals surface area contributed by atoms with Crippen LogP contribution in [0.1, 0.15) is 23.1 Å². The number of fused-ring (bicyclic) bond motifs is 2. The average Bonchev–Trinajstić information content (AvgIpc) is 3.52. The number of aromatic nitrogens is 7. The van der Waals surface area contributed by atoms with Gasteiger partial charge in [-0.1, -0.05) is 5.10 Å². The minimum atomic E-state index is -0.557. The first-order chi connectivity index (χ1) is 15.2. The molecule has 11 heteroatoms. The molecule has 1 aliphatic heterocycles. The molecule has 0 unspecified atom stereocenters. The van der Waals surface area contributed by atoms with Crippen LogP contribution in [0.25, 0.3) is 17.1 Å². The number of nitrogens with one attached hydrogen (secondary N) is 1. The van der Waals surface area contributed by atoms with Crippen LogP contribution < -0.4 is 4.90 Å². The van der Waals surface area contributed by atoms with E-state index in [9.17, 15) is 8.78 Å². The van der Waals surface area contributed by atoms with Gasteiger partial charge in [0.2, 0.25) is 0 Å². The molecule has 0 fully saturated rings. The molecule has 6 rings (SSSR count). The van der Waals surface area contributed by atoms with Crippen molar-refractivity contribution in [3.63, 3.8) is 0 Å². The second-order valence-corrected chi connectivity index (χ2v) is 7.09. The van der Waals surface area contributed by atoms with Gasteiger partial charge >= 0.3 is 6.01 Å². The largest absolute Gasteiger partial charge is 0.401 e. The Kier molecular flexibility index (Phi) is 3.82. The van der Waals surface area contributed by atoms with Crippen LogP contribution in [0.5, 0.6) is 0 Å². The van der Waals surface area contributed by atoms with E-state index < -0.39 is 11.9 Å². The normalized spacial score (nSPS) is 16.1. The highest BCUT2D eigenvalue weighted by Crippen LogP contribution is 2.37. The van der Waals surface area contributed by atoms with E-state index in [1.165, 1.54) is 28.9 Å². The molecule has 0 amide bonds. The maximum absolute atomic E-state index is 14.3. The van der Waals surface area contributed by atoms with Crippen LogP contribution in [-0.2, 0) is 6.42 Å². The lowest BCUT2D eigenvalue weighted by molar-refractivity contribution is 0.499. The fourth-order valence-electron chi connectivity index (χ4n) is 3.89. The van der Waals surface area contributed by atoms with E-state index in [1.54, 1.807) is 24.7 Å². The number of rotatable bonds is 3. The van der Waals surface area contributed by atoms with Crippen LogP contribution in [0.3, 0.4) is 0 Å². The van der Waals surface area contributed by atoms with Crippen molar-refractivity contribution in [3.05, 3.63) is 77.8 Å². The van der Waals surface area contributed by atoms with Gasteiger partial charge in [-0.15, -0.1) is 5.10 Å². The van der Waals surface area contributed by atoms with Crippen LogP contribution in [0.4, 0.5) is 14.8 Å². The number of aromatic amines is 1. The van der Waals surface area contributed by atoms with Crippen LogP contribution in [0.15, 0.2) is 53.5 Å². The Labute approximate surface area is 173 Å². The maximum atomic E-state index is 14.3. The van der Waals surface area contributed by atoms with E-state index in [0.29, 0.717) is 24.2 Å². The van der Waals surface area contributed by atoms with Crippen molar-refractivity contribution in [2.45, 2.75) is 12.5 Å². The lowest BCUT2D eigenvalue weighted by atomic mass is 10.0. The number of imidazole rings is 1. The molecule has 6 heterocycles. The van der Waals surface area contributed by atoms with Gasteiger partial charge in [0.25, 0.3) is 5.89 Å². The van der Waals surface area contributed by atoms with E-state index >= 15 is 0 Å². The monoisotopic (exact) mass is 420 g/mol. The summed E-state index contributed by atoms with van der Waals surface area (Å²) in [7, 11) is 0. The van der Waals surface area contributed by atoms with E-state index in [1.807, 2.05) is 4.90 Å². The lowest BCUT2D eigenvalue weighted by Crippen LogP contribution is -2.36. The minimum absolute atomic E-state index is 0.0231. The molecule has 5 aromatic rings. The van der Waals surface area contributed by atoms with Crippen molar-refractivity contribution in [2.75, 3.05) is 11.4 Å². The molecule has 5 aromatic heterocycles. The molecule has 9 nitrogen and oxygen atoms in total. The molecule has 0 saturated heterocycles. The first-order valence-corrected chi connectivity index (χ1v) is 9.56. The van der Waals surface area contributed by atoms with Gasteiger partial charge in [0.05, 0.1) is 17.7 Å². The van der Waals surface area contributed by atoms with Gasteiger partial charge in [0.1, 0.15) is 17.4 Å². The highest BCUT2D eigenvalue weighted by Gasteiger charge is 2.36. The zero-order valence-corrected chi connectivity index (χ0v) is 15.9. The third-order valence-corrected chi connectivity index (χ3v) is 5.30. The highest BCUT2D eigenvalue weighted by atomic mass is 19.1. The zero-order chi connectivity index (χ0) is 20.9. The fraction of sp³-hybridized carbons (Fsp3) is 0.150. The Hall–Kier alpha value is -4.15. The molecule has 0 radical (unpaired) electrons. The number of anilines is 1. The first kappa shape index (κ1) is 17.7. The van der Waals surface area contributed by atoms with Crippen LogP contribution in [0.2, 0.25) is 0 Å². The molecular weight excluding hydrogens is 406 g/mol. The summed E-state index contributed by atoms with van der Waals surface area (Å²) >= 11 is 0. The molecule has 1 N–H and O–H groups in total. The topological polar surface area (TPSA) is 101 Å². The minimum Gasteiger partial charge on any atom is -0.401 e. The Balaban J connectivity index is 1.46. The van der Waals surface area contributed by atoms with Crippen molar-refractivity contribution in [3.8, 4) is 11.6 Å². The number of H-pyrrole nitrogens is 1. The average molecular weight is 420 g/mol.